The van der Waals surface area contributed by atoms with Gasteiger partial charge in [-0.05, 0) is 42.5 Å². The molecule has 0 bridgehead atoms. The molecule has 29 heavy (non-hydrogen) atoms. The van der Waals surface area contributed by atoms with Gasteiger partial charge in [-0.2, -0.15) is 0 Å². The SMILES string of the molecule is COc1ccc(NC(=O)c2ccnc(N3CCN(c4ccccc4)CC3)n2)cc1. The Morgan fingerprint density at radius 2 is 1.62 bits per heavy atom. The molecule has 1 aromatic heterocycles. The summed E-state index contributed by atoms with van der Waals surface area (Å²) in [6.07, 6.45) is 1.63. The molecule has 0 spiro atoms. The average Bonchev–Trinajstić information content (AvgIpc) is 2.80. The second kappa shape index (κ2) is 8.60. The Bertz CT molecular complexity index is 954. The number of benzene rings is 2. The van der Waals surface area contributed by atoms with Gasteiger partial charge in [-0.1, -0.05) is 18.2 Å². The van der Waals surface area contributed by atoms with Crippen molar-refractivity contribution in [1.82, 2.24) is 9.97 Å². The molecule has 2 heterocycles. The van der Waals surface area contributed by atoms with Crippen LogP contribution in [-0.4, -0.2) is 49.2 Å². The number of hydrogen-bond donors (Lipinski definition) is 1. The molecule has 1 aliphatic heterocycles. The molecule has 1 N–H and O–H groups in total. The number of amides is 1. The molecule has 4 rings (SSSR count). The molecule has 0 saturated carbocycles. The zero-order valence-electron chi connectivity index (χ0n) is 16.3. The second-order valence-corrected chi connectivity index (χ2v) is 6.73. The number of methoxy groups -OCH3 is 1. The number of piperazine rings is 1. The Labute approximate surface area is 170 Å². The zero-order chi connectivity index (χ0) is 20.1. The lowest BCUT2D eigenvalue weighted by Crippen LogP contribution is -2.47. The topological polar surface area (TPSA) is 70.6 Å². The Kier molecular flexibility index (Phi) is 5.56. The normalized spacial score (nSPS) is 13.8. The van der Waals surface area contributed by atoms with Gasteiger partial charge >= 0.3 is 0 Å². The van der Waals surface area contributed by atoms with Gasteiger partial charge in [-0.15, -0.1) is 0 Å². The minimum absolute atomic E-state index is 0.262. The minimum atomic E-state index is -0.262. The lowest BCUT2D eigenvalue weighted by Gasteiger charge is -2.36. The lowest BCUT2D eigenvalue weighted by atomic mass is 10.2. The zero-order valence-corrected chi connectivity index (χ0v) is 16.3. The number of aromatic nitrogens is 2. The van der Waals surface area contributed by atoms with Crippen LogP contribution in [0.15, 0.2) is 66.9 Å². The third-order valence-corrected chi connectivity index (χ3v) is 4.91. The highest BCUT2D eigenvalue weighted by Gasteiger charge is 2.20. The molecular weight excluding hydrogens is 366 g/mol. The van der Waals surface area contributed by atoms with Crippen molar-refractivity contribution in [2.75, 3.05) is 48.4 Å². The summed E-state index contributed by atoms with van der Waals surface area (Å²) in [5.41, 5.74) is 2.25. The maximum atomic E-state index is 12.6. The molecule has 0 aliphatic carbocycles. The van der Waals surface area contributed by atoms with Gasteiger partial charge < -0.3 is 19.9 Å². The molecule has 1 aliphatic rings. The Morgan fingerprint density at radius 3 is 2.31 bits per heavy atom. The first-order valence-corrected chi connectivity index (χ1v) is 9.56. The molecule has 1 fully saturated rings. The highest BCUT2D eigenvalue weighted by molar-refractivity contribution is 6.03. The highest BCUT2D eigenvalue weighted by atomic mass is 16.5. The number of carbonyl (C=O) groups excluding carboxylic acids is 1. The van der Waals surface area contributed by atoms with E-state index in [2.05, 4.69) is 49.4 Å². The number of rotatable bonds is 5. The van der Waals surface area contributed by atoms with E-state index in [-0.39, 0.29) is 5.91 Å². The number of nitrogens with one attached hydrogen (secondary N) is 1. The summed E-state index contributed by atoms with van der Waals surface area (Å²) in [4.78, 5) is 25.9. The van der Waals surface area contributed by atoms with Crippen molar-refractivity contribution in [3.8, 4) is 5.75 Å². The standard InChI is InChI=1S/C22H23N5O2/c1-29-19-9-7-17(8-10-19)24-21(28)20-11-12-23-22(25-20)27-15-13-26(14-16-27)18-5-3-2-4-6-18/h2-12H,13-16H2,1H3,(H,24,28). The summed E-state index contributed by atoms with van der Waals surface area (Å²) in [6.45, 7) is 3.38. The van der Waals surface area contributed by atoms with E-state index in [1.165, 1.54) is 5.69 Å². The quantitative estimate of drug-likeness (QED) is 0.723. The Morgan fingerprint density at radius 1 is 0.931 bits per heavy atom. The molecule has 2 aromatic carbocycles. The number of hydrogen-bond acceptors (Lipinski definition) is 6. The van der Waals surface area contributed by atoms with Gasteiger partial charge in [0.25, 0.3) is 5.91 Å². The summed E-state index contributed by atoms with van der Waals surface area (Å²) in [7, 11) is 1.61. The van der Waals surface area contributed by atoms with E-state index < -0.39 is 0 Å². The largest absolute Gasteiger partial charge is 0.497 e. The van der Waals surface area contributed by atoms with Crippen LogP contribution in [0.5, 0.6) is 5.75 Å². The summed E-state index contributed by atoms with van der Waals surface area (Å²) in [5.74, 6) is 1.06. The van der Waals surface area contributed by atoms with Crippen LogP contribution in [0, 0.1) is 0 Å². The average molecular weight is 389 g/mol. The highest BCUT2D eigenvalue weighted by Crippen LogP contribution is 2.19. The molecular formula is C22H23N5O2. The first kappa shape index (κ1) is 18.7. The van der Waals surface area contributed by atoms with Crippen LogP contribution >= 0.6 is 0 Å². The van der Waals surface area contributed by atoms with Crippen LogP contribution in [0.25, 0.3) is 0 Å². The first-order chi connectivity index (χ1) is 14.2. The Balaban J connectivity index is 1.40. The number of para-hydroxylation sites is 1. The van der Waals surface area contributed by atoms with Crippen molar-refractivity contribution in [2.24, 2.45) is 0 Å². The summed E-state index contributed by atoms with van der Waals surface area (Å²) < 4.78 is 5.14. The van der Waals surface area contributed by atoms with Gasteiger partial charge in [0, 0.05) is 43.8 Å². The number of ether oxygens (including phenoxy) is 1. The summed E-state index contributed by atoms with van der Waals surface area (Å²) >= 11 is 0. The molecule has 1 amide bonds. The van der Waals surface area contributed by atoms with Crippen molar-refractivity contribution in [1.29, 1.82) is 0 Å². The van der Waals surface area contributed by atoms with Crippen LogP contribution in [-0.2, 0) is 0 Å². The lowest BCUT2D eigenvalue weighted by molar-refractivity contribution is 0.102. The van der Waals surface area contributed by atoms with Crippen LogP contribution in [0.4, 0.5) is 17.3 Å². The van der Waals surface area contributed by atoms with E-state index in [9.17, 15) is 4.79 Å². The van der Waals surface area contributed by atoms with Gasteiger partial charge in [0.05, 0.1) is 7.11 Å². The fourth-order valence-corrected chi connectivity index (χ4v) is 3.30. The van der Waals surface area contributed by atoms with E-state index >= 15 is 0 Å². The third-order valence-electron chi connectivity index (χ3n) is 4.91. The predicted octanol–water partition coefficient (Wildman–Crippen LogP) is 3.06. The number of carbonyl (C=O) groups is 1. The van der Waals surface area contributed by atoms with Crippen LogP contribution in [0.1, 0.15) is 10.5 Å². The molecule has 0 atom stereocenters. The molecule has 1 saturated heterocycles. The minimum Gasteiger partial charge on any atom is -0.497 e. The van der Waals surface area contributed by atoms with Crippen LogP contribution in [0.2, 0.25) is 0 Å². The fourth-order valence-electron chi connectivity index (χ4n) is 3.30. The molecule has 0 unspecified atom stereocenters. The molecule has 3 aromatic rings. The van der Waals surface area contributed by atoms with E-state index in [4.69, 9.17) is 4.74 Å². The van der Waals surface area contributed by atoms with Gasteiger partial charge in [-0.25, -0.2) is 9.97 Å². The van der Waals surface area contributed by atoms with Gasteiger partial charge in [-0.3, -0.25) is 4.79 Å². The van der Waals surface area contributed by atoms with E-state index in [1.807, 2.05) is 6.07 Å². The number of anilines is 3. The second-order valence-electron chi connectivity index (χ2n) is 6.73. The maximum Gasteiger partial charge on any atom is 0.274 e. The van der Waals surface area contributed by atoms with E-state index in [1.54, 1.807) is 43.6 Å². The number of nitrogens with zero attached hydrogens (tertiary/aromatic N) is 4. The molecule has 148 valence electrons. The van der Waals surface area contributed by atoms with Crippen molar-refractivity contribution in [3.63, 3.8) is 0 Å². The van der Waals surface area contributed by atoms with Gasteiger partial charge in [0.2, 0.25) is 5.95 Å². The predicted molar refractivity (Wildman–Crippen MR) is 114 cm³/mol. The van der Waals surface area contributed by atoms with Crippen LogP contribution in [0.3, 0.4) is 0 Å². The van der Waals surface area contributed by atoms with Crippen molar-refractivity contribution < 1.29 is 9.53 Å². The maximum absolute atomic E-state index is 12.6. The third kappa shape index (κ3) is 4.45. The Hall–Kier alpha value is -3.61. The first-order valence-electron chi connectivity index (χ1n) is 9.56. The van der Waals surface area contributed by atoms with E-state index in [0.717, 1.165) is 31.9 Å². The monoisotopic (exact) mass is 389 g/mol. The molecule has 0 radical (unpaired) electrons. The van der Waals surface area contributed by atoms with Crippen molar-refractivity contribution in [2.45, 2.75) is 0 Å². The molecule has 7 nitrogen and oxygen atoms in total. The summed E-state index contributed by atoms with van der Waals surface area (Å²) in [6, 6.07) is 19.2. The van der Waals surface area contributed by atoms with E-state index in [0.29, 0.717) is 17.3 Å². The van der Waals surface area contributed by atoms with Crippen LogP contribution < -0.4 is 19.9 Å². The fraction of sp³-hybridized carbons (Fsp3) is 0.227. The van der Waals surface area contributed by atoms with Gasteiger partial charge in [0.1, 0.15) is 11.4 Å². The van der Waals surface area contributed by atoms with Gasteiger partial charge in [0.15, 0.2) is 0 Å². The van der Waals surface area contributed by atoms with Crippen molar-refractivity contribution >= 4 is 23.2 Å². The molecule has 7 heteroatoms. The summed E-state index contributed by atoms with van der Waals surface area (Å²) in [5, 5.41) is 2.86. The smallest absolute Gasteiger partial charge is 0.274 e. The van der Waals surface area contributed by atoms with Crippen molar-refractivity contribution in [3.05, 3.63) is 72.6 Å².